The summed E-state index contributed by atoms with van der Waals surface area (Å²) in [6.45, 7) is 27.2. The van der Waals surface area contributed by atoms with E-state index in [9.17, 15) is 0 Å². The van der Waals surface area contributed by atoms with Crippen molar-refractivity contribution in [2.45, 2.75) is 94.9 Å². The van der Waals surface area contributed by atoms with Gasteiger partial charge in [-0.1, -0.05) is 36.1 Å². The summed E-state index contributed by atoms with van der Waals surface area (Å²) >= 11 is 0. The van der Waals surface area contributed by atoms with Crippen LogP contribution in [0, 0.1) is 73.3 Å². The van der Waals surface area contributed by atoms with Crippen molar-refractivity contribution in [2.24, 2.45) is 11.8 Å². The van der Waals surface area contributed by atoms with Crippen LogP contribution < -0.4 is 0 Å². The zero-order valence-electron chi connectivity index (χ0n) is 23.7. The van der Waals surface area contributed by atoms with Gasteiger partial charge in [0.1, 0.15) is 12.7 Å². The summed E-state index contributed by atoms with van der Waals surface area (Å²) in [6.07, 6.45) is 5.03. The van der Waals surface area contributed by atoms with Crippen LogP contribution in [0.15, 0.2) is 12.1 Å². The molecule has 0 saturated heterocycles. The molecule has 3 rings (SSSR count). The van der Waals surface area contributed by atoms with Gasteiger partial charge in [-0.3, -0.25) is 0 Å². The molecule has 0 N–H and O–H groups in total. The van der Waals surface area contributed by atoms with Crippen LogP contribution in [0.3, 0.4) is 0 Å². The van der Waals surface area contributed by atoms with E-state index in [1.807, 2.05) is 0 Å². The minimum absolute atomic E-state index is 0.570. The second-order valence-electron chi connectivity index (χ2n) is 11.0. The summed E-state index contributed by atoms with van der Waals surface area (Å²) in [7, 11) is 2.28. The maximum absolute atomic E-state index is 4.56. The van der Waals surface area contributed by atoms with E-state index in [1.165, 1.54) is 93.3 Å². The largest absolute Gasteiger partial charge is 0.334 e. The summed E-state index contributed by atoms with van der Waals surface area (Å²) in [6, 6.07) is 6.04. The molecule has 1 fully saturated rings. The molecule has 0 radical (unpaired) electrons. The number of hydrogen-bond acceptors (Lipinski definition) is 0. The van der Waals surface area contributed by atoms with Gasteiger partial charge in [0.2, 0.25) is 5.69 Å². The van der Waals surface area contributed by atoms with E-state index in [0.717, 1.165) is 0 Å². The highest BCUT2D eigenvalue weighted by Gasteiger charge is 2.33. The lowest BCUT2D eigenvalue weighted by Crippen LogP contribution is -2.31. The van der Waals surface area contributed by atoms with Gasteiger partial charge in [-0.05, 0) is 103 Å². The van der Waals surface area contributed by atoms with Crippen molar-refractivity contribution >= 4 is 23.8 Å². The molecule has 2 unspecified atom stereocenters. The normalized spacial score (nSPS) is 19.1. The number of nitrogens with zero attached hydrogens (tertiary/aromatic N) is 2. The van der Waals surface area contributed by atoms with E-state index >= 15 is 0 Å². The van der Waals surface area contributed by atoms with Gasteiger partial charge in [0.15, 0.2) is 5.71 Å². The van der Waals surface area contributed by atoms with Gasteiger partial charge in [0.05, 0.1) is 6.04 Å². The van der Waals surface area contributed by atoms with E-state index in [4.69, 9.17) is 0 Å². The first-order valence-corrected chi connectivity index (χ1v) is 13.0. The lowest BCUT2D eigenvalue weighted by atomic mass is 9.76. The van der Waals surface area contributed by atoms with E-state index in [0.29, 0.717) is 11.8 Å². The number of benzene rings is 2. The van der Waals surface area contributed by atoms with Crippen LogP contribution in [0.1, 0.15) is 84.0 Å². The predicted octanol–water partition coefficient (Wildman–Crippen LogP) is 8.29. The number of hydrogen-bond donors (Lipinski definition) is 0. The van der Waals surface area contributed by atoms with Gasteiger partial charge >= 0.3 is 0 Å². The molecule has 0 aliphatic heterocycles. The van der Waals surface area contributed by atoms with Crippen LogP contribution in [0.25, 0.3) is 0 Å². The van der Waals surface area contributed by atoms with Crippen molar-refractivity contribution in [3.63, 3.8) is 0 Å². The van der Waals surface area contributed by atoms with Gasteiger partial charge in [-0.15, -0.1) is 0 Å². The Morgan fingerprint density at radius 2 is 1.24 bits per heavy atom. The molecule has 1 aliphatic rings. The van der Waals surface area contributed by atoms with Gasteiger partial charge < -0.3 is 4.58 Å². The Balaban J connectivity index is 1.91. The minimum Gasteiger partial charge on any atom is -0.334 e. The molecule has 0 heterocycles. The topological polar surface area (TPSA) is 6.02 Å². The lowest BCUT2D eigenvalue weighted by Gasteiger charge is -2.34. The standard InChI is InChI=1S/C32H47N2/c1-19-16-20(2)24(6)31(23(19)5)33(11)27(9)29-14-13-15-30(18-29)28(10)34(12)32-25(7)21(3)17-22(4)26(32)8/h16-17,29-30H,11,13-15,18H2,1-10,12H3/q+1. The highest BCUT2D eigenvalue weighted by Crippen LogP contribution is 2.40. The van der Waals surface area contributed by atoms with Gasteiger partial charge in [-0.25, -0.2) is 4.58 Å². The van der Waals surface area contributed by atoms with Gasteiger partial charge in [-0.2, -0.15) is 0 Å². The molecule has 2 atom stereocenters. The van der Waals surface area contributed by atoms with E-state index in [-0.39, 0.29) is 0 Å². The first-order valence-electron chi connectivity index (χ1n) is 13.0. The molecule has 0 spiro atoms. The Hall–Kier alpha value is -2.35. The molecule has 0 amide bonds. The Labute approximate surface area is 209 Å². The molecule has 34 heavy (non-hydrogen) atoms. The van der Waals surface area contributed by atoms with Gasteiger partial charge in [0.25, 0.3) is 0 Å². The first-order chi connectivity index (χ1) is 15.9. The summed E-state index contributed by atoms with van der Waals surface area (Å²) in [5.41, 5.74) is 15.2. The molecule has 1 saturated carbocycles. The fourth-order valence-corrected chi connectivity index (χ4v) is 6.10. The van der Waals surface area contributed by atoms with Crippen molar-refractivity contribution in [1.82, 2.24) is 0 Å². The van der Waals surface area contributed by atoms with Crippen LogP contribution >= 0.6 is 0 Å². The quantitative estimate of drug-likeness (QED) is 0.241. The maximum Gasteiger partial charge on any atom is 0.211 e. The van der Waals surface area contributed by atoms with E-state index in [1.54, 1.807) is 0 Å². The number of aryl methyl sites for hydroxylation is 4. The molecule has 184 valence electrons. The zero-order chi connectivity index (χ0) is 25.5. The fraction of sp³-hybridized carbons (Fsp3) is 0.531. The summed E-state index contributed by atoms with van der Waals surface area (Å²) in [4.78, 5) is 0. The highest BCUT2D eigenvalue weighted by molar-refractivity contribution is 5.81. The fourth-order valence-electron chi connectivity index (χ4n) is 6.10. The average Bonchev–Trinajstić information content (AvgIpc) is 2.80. The second kappa shape index (κ2) is 10.1. The molecular weight excluding hydrogens is 412 g/mol. The third kappa shape index (κ3) is 4.74. The smallest absolute Gasteiger partial charge is 0.211 e. The van der Waals surface area contributed by atoms with Crippen molar-refractivity contribution in [1.29, 1.82) is 0 Å². The molecule has 2 aromatic rings. The molecule has 0 bridgehead atoms. The van der Waals surface area contributed by atoms with Crippen molar-refractivity contribution in [3.05, 3.63) is 62.7 Å². The third-order valence-electron chi connectivity index (χ3n) is 9.07. The maximum atomic E-state index is 4.56. The zero-order valence-corrected chi connectivity index (χ0v) is 23.7. The van der Waals surface area contributed by atoms with E-state index < -0.39 is 0 Å². The van der Waals surface area contributed by atoms with Crippen LogP contribution in [-0.4, -0.2) is 28.6 Å². The molecule has 0 aromatic heterocycles. The van der Waals surface area contributed by atoms with Crippen LogP contribution in [0.4, 0.5) is 11.4 Å². The molecule has 1 aliphatic carbocycles. The van der Waals surface area contributed by atoms with Crippen LogP contribution in [0.2, 0.25) is 0 Å². The average molecular weight is 460 g/mol. The molecule has 2 aromatic carbocycles. The van der Waals surface area contributed by atoms with Crippen molar-refractivity contribution in [2.75, 3.05) is 7.05 Å². The van der Waals surface area contributed by atoms with Gasteiger partial charge in [0, 0.05) is 30.7 Å². The van der Waals surface area contributed by atoms with Crippen LogP contribution in [0.5, 0.6) is 0 Å². The summed E-state index contributed by atoms with van der Waals surface area (Å²) in [5.74, 6) is 1.17. The van der Waals surface area contributed by atoms with Crippen molar-refractivity contribution in [3.8, 4) is 0 Å². The molecule has 2 nitrogen and oxygen atoms in total. The number of rotatable bonds is 5. The summed E-state index contributed by atoms with van der Waals surface area (Å²) < 4.78 is 4.75. The Kier molecular flexibility index (Phi) is 7.80. The van der Waals surface area contributed by atoms with E-state index in [2.05, 4.69) is 104 Å². The van der Waals surface area contributed by atoms with Crippen molar-refractivity contribution < 1.29 is 9.15 Å². The predicted molar refractivity (Wildman–Crippen MR) is 149 cm³/mol. The Bertz CT molecular complexity index is 1100. The minimum atomic E-state index is 0.570. The molecule has 2 heteroatoms. The SMILES string of the molecule is C=[N+](c1c(C)c(C)cc(C)c1C)[C-](C)C1CCCC(C(C)=[N+](C)c2c(C)c(C)cc(C)c2C)C1. The molecular formula is C32H47N2+. The lowest BCUT2D eigenvalue weighted by molar-refractivity contribution is -0.428. The highest BCUT2D eigenvalue weighted by atomic mass is 15.0. The summed E-state index contributed by atoms with van der Waals surface area (Å²) in [5, 5.41) is 0. The third-order valence-corrected chi connectivity index (χ3v) is 9.07. The Morgan fingerprint density at radius 3 is 1.71 bits per heavy atom. The van der Waals surface area contributed by atoms with Crippen LogP contribution in [-0.2, 0) is 0 Å². The first kappa shape index (κ1) is 26.3. The second-order valence-corrected chi connectivity index (χ2v) is 11.0. The Morgan fingerprint density at radius 1 is 0.794 bits per heavy atom. The monoisotopic (exact) mass is 459 g/mol.